The van der Waals surface area contributed by atoms with Gasteiger partial charge in [-0.3, -0.25) is 0 Å². The number of nitrogens with one attached hydrogen (secondary N) is 1. The van der Waals surface area contributed by atoms with Crippen LogP contribution in [0.1, 0.15) is 31.7 Å². The number of piperidine rings is 1. The molecule has 2 saturated heterocycles. The summed E-state index contributed by atoms with van der Waals surface area (Å²) in [7, 11) is 0. The van der Waals surface area contributed by atoms with E-state index < -0.39 is 0 Å². The van der Waals surface area contributed by atoms with Crippen LogP contribution in [0.15, 0.2) is 61.0 Å². The number of nitrogens with zero attached hydrogens (tertiary/aromatic N) is 3. The van der Waals surface area contributed by atoms with Gasteiger partial charge in [0.25, 0.3) is 0 Å². The standard InChI is InChI=1S/C24H30N4/c1-3-5-6-19(4-2)7-8-20-9-10-22-21(15-20)23(27-18-26-22)28-16-24(17-28)11-13-25-14-12-24/h3-6,9-10,15,18,25H,2,7-8,11-14,16-17H2,1H3/b5-3-,19-6+. The van der Waals surface area contributed by atoms with Crippen LogP contribution in [0.5, 0.6) is 0 Å². The molecule has 2 aromatic rings. The van der Waals surface area contributed by atoms with Crippen LogP contribution in [0.2, 0.25) is 0 Å². The van der Waals surface area contributed by atoms with Gasteiger partial charge in [0.05, 0.1) is 5.52 Å². The molecule has 28 heavy (non-hydrogen) atoms. The molecule has 1 aromatic carbocycles. The number of allylic oxidation sites excluding steroid dienone is 5. The molecule has 146 valence electrons. The normalized spacial score (nSPS) is 19.3. The molecule has 4 heteroatoms. The molecule has 0 atom stereocenters. The molecule has 4 rings (SSSR count). The van der Waals surface area contributed by atoms with Crippen LogP contribution in [0.3, 0.4) is 0 Å². The van der Waals surface area contributed by atoms with Crippen molar-refractivity contribution in [3.05, 3.63) is 66.5 Å². The third kappa shape index (κ3) is 3.88. The number of aryl methyl sites for hydroxylation is 1. The summed E-state index contributed by atoms with van der Waals surface area (Å²) < 4.78 is 0. The Morgan fingerprint density at radius 1 is 1.25 bits per heavy atom. The van der Waals surface area contributed by atoms with Crippen molar-refractivity contribution >= 4 is 16.7 Å². The Labute approximate surface area is 168 Å². The van der Waals surface area contributed by atoms with Crippen LogP contribution in [-0.4, -0.2) is 36.1 Å². The van der Waals surface area contributed by atoms with Gasteiger partial charge in [0.2, 0.25) is 0 Å². The zero-order valence-electron chi connectivity index (χ0n) is 16.8. The molecule has 0 amide bonds. The highest BCUT2D eigenvalue weighted by molar-refractivity contribution is 5.90. The van der Waals surface area contributed by atoms with Crippen LogP contribution >= 0.6 is 0 Å². The Hall–Kier alpha value is -2.46. The second kappa shape index (κ2) is 8.27. The summed E-state index contributed by atoms with van der Waals surface area (Å²) in [4.78, 5) is 11.6. The predicted molar refractivity (Wildman–Crippen MR) is 118 cm³/mol. The maximum atomic E-state index is 4.66. The summed E-state index contributed by atoms with van der Waals surface area (Å²) in [6, 6.07) is 6.62. The average Bonchev–Trinajstić information content (AvgIpc) is 2.72. The monoisotopic (exact) mass is 374 g/mol. The maximum Gasteiger partial charge on any atom is 0.139 e. The molecule has 0 saturated carbocycles. The van der Waals surface area contributed by atoms with Crippen molar-refractivity contribution < 1.29 is 0 Å². The quantitative estimate of drug-likeness (QED) is 0.759. The van der Waals surface area contributed by atoms with E-state index in [0.29, 0.717) is 5.41 Å². The molecule has 0 unspecified atom stereocenters. The summed E-state index contributed by atoms with van der Waals surface area (Å²) in [6.45, 7) is 10.5. The number of hydrogen-bond donors (Lipinski definition) is 1. The van der Waals surface area contributed by atoms with Crippen LogP contribution in [0, 0.1) is 5.41 Å². The van der Waals surface area contributed by atoms with Crippen molar-refractivity contribution in [2.24, 2.45) is 5.41 Å². The van der Waals surface area contributed by atoms with Crippen molar-refractivity contribution in [1.82, 2.24) is 15.3 Å². The van der Waals surface area contributed by atoms with Gasteiger partial charge >= 0.3 is 0 Å². The number of aromatic nitrogens is 2. The molecule has 2 aliphatic heterocycles. The Balaban J connectivity index is 1.52. The first-order chi connectivity index (χ1) is 13.7. The predicted octanol–water partition coefficient (Wildman–Crippen LogP) is 4.44. The van der Waals surface area contributed by atoms with Crippen LogP contribution in [-0.2, 0) is 6.42 Å². The van der Waals surface area contributed by atoms with Gasteiger partial charge in [-0.2, -0.15) is 0 Å². The van der Waals surface area contributed by atoms with Crippen LogP contribution < -0.4 is 10.2 Å². The van der Waals surface area contributed by atoms with E-state index in [1.165, 1.54) is 29.4 Å². The number of anilines is 1. The number of rotatable bonds is 6. The van der Waals surface area contributed by atoms with E-state index in [-0.39, 0.29) is 0 Å². The molecule has 1 N–H and O–H groups in total. The van der Waals surface area contributed by atoms with Crippen molar-refractivity contribution in [3.8, 4) is 0 Å². The molecule has 0 bridgehead atoms. The Morgan fingerprint density at radius 3 is 2.82 bits per heavy atom. The first kappa shape index (κ1) is 18.9. The van der Waals surface area contributed by atoms with Gasteiger partial charge in [-0.25, -0.2) is 9.97 Å². The van der Waals surface area contributed by atoms with E-state index in [0.717, 1.165) is 50.4 Å². The molecule has 1 aromatic heterocycles. The van der Waals surface area contributed by atoms with Crippen LogP contribution in [0.4, 0.5) is 5.82 Å². The zero-order chi connectivity index (χ0) is 19.4. The van der Waals surface area contributed by atoms with E-state index in [4.69, 9.17) is 0 Å². The molecular weight excluding hydrogens is 344 g/mol. The lowest BCUT2D eigenvalue weighted by atomic mass is 9.72. The van der Waals surface area contributed by atoms with Crippen molar-refractivity contribution in [1.29, 1.82) is 0 Å². The molecule has 4 nitrogen and oxygen atoms in total. The largest absolute Gasteiger partial charge is 0.355 e. The summed E-state index contributed by atoms with van der Waals surface area (Å²) in [5, 5.41) is 4.66. The van der Waals surface area contributed by atoms with Crippen molar-refractivity contribution in [2.45, 2.75) is 32.6 Å². The molecule has 0 aliphatic carbocycles. The topological polar surface area (TPSA) is 41.1 Å². The van der Waals surface area contributed by atoms with Gasteiger partial charge in [0.1, 0.15) is 12.1 Å². The minimum atomic E-state index is 0.497. The highest BCUT2D eigenvalue weighted by atomic mass is 15.3. The van der Waals surface area contributed by atoms with E-state index in [1.54, 1.807) is 6.33 Å². The highest BCUT2D eigenvalue weighted by Gasteiger charge is 2.44. The van der Waals surface area contributed by atoms with Crippen LogP contribution in [0.25, 0.3) is 10.9 Å². The van der Waals surface area contributed by atoms with Gasteiger partial charge in [-0.15, -0.1) is 0 Å². The molecule has 1 spiro atoms. The highest BCUT2D eigenvalue weighted by Crippen LogP contribution is 2.42. The van der Waals surface area contributed by atoms with Gasteiger partial charge < -0.3 is 10.2 Å². The number of benzene rings is 1. The Kier molecular flexibility index (Phi) is 5.58. The maximum absolute atomic E-state index is 4.66. The lowest BCUT2D eigenvalue weighted by Crippen LogP contribution is -2.60. The second-order valence-electron chi connectivity index (χ2n) is 8.13. The van der Waals surface area contributed by atoms with Gasteiger partial charge in [-0.05, 0) is 69.0 Å². The van der Waals surface area contributed by atoms with Crippen molar-refractivity contribution in [2.75, 3.05) is 31.1 Å². The van der Waals surface area contributed by atoms with Gasteiger partial charge in [0.15, 0.2) is 0 Å². The summed E-state index contributed by atoms with van der Waals surface area (Å²) in [6.07, 6.45) is 14.5. The fourth-order valence-electron chi connectivity index (χ4n) is 4.45. The second-order valence-corrected chi connectivity index (χ2v) is 8.13. The first-order valence-electron chi connectivity index (χ1n) is 10.4. The zero-order valence-corrected chi connectivity index (χ0v) is 16.8. The lowest BCUT2D eigenvalue weighted by molar-refractivity contribution is 0.149. The van der Waals surface area contributed by atoms with E-state index in [1.807, 2.05) is 19.1 Å². The van der Waals surface area contributed by atoms with E-state index in [2.05, 4.69) is 57.1 Å². The van der Waals surface area contributed by atoms with Gasteiger partial charge in [-0.1, -0.05) is 36.9 Å². The summed E-state index contributed by atoms with van der Waals surface area (Å²) in [5.74, 6) is 1.10. The summed E-state index contributed by atoms with van der Waals surface area (Å²) in [5.41, 5.74) is 4.12. The van der Waals surface area contributed by atoms with Crippen molar-refractivity contribution in [3.63, 3.8) is 0 Å². The average molecular weight is 375 g/mol. The summed E-state index contributed by atoms with van der Waals surface area (Å²) >= 11 is 0. The lowest BCUT2D eigenvalue weighted by Gasteiger charge is -2.53. The molecular formula is C24H30N4. The minimum absolute atomic E-state index is 0.497. The minimum Gasteiger partial charge on any atom is -0.355 e. The SMILES string of the molecule is C=C/C(=C\C=C/C)CCc1ccc2ncnc(N3CC4(CCNCC4)C3)c2c1. The third-order valence-electron chi connectivity index (χ3n) is 6.16. The number of fused-ring (bicyclic) bond motifs is 1. The molecule has 3 heterocycles. The Morgan fingerprint density at radius 2 is 2.07 bits per heavy atom. The van der Waals surface area contributed by atoms with E-state index >= 15 is 0 Å². The fourth-order valence-corrected chi connectivity index (χ4v) is 4.45. The smallest absolute Gasteiger partial charge is 0.139 e. The Bertz CT molecular complexity index is 898. The first-order valence-corrected chi connectivity index (χ1v) is 10.4. The molecule has 2 aliphatic rings. The molecule has 0 radical (unpaired) electrons. The van der Waals surface area contributed by atoms with E-state index in [9.17, 15) is 0 Å². The van der Waals surface area contributed by atoms with Gasteiger partial charge in [0, 0.05) is 23.9 Å². The third-order valence-corrected chi connectivity index (χ3v) is 6.16. The fraction of sp³-hybridized carbons (Fsp3) is 0.417. The number of hydrogen-bond acceptors (Lipinski definition) is 4. The molecule has 2 fully saturated rings.